The summed E-state index contributed by atoms with van der Waals surface area (Å²) in [5.74, 6) is 0. The normalized spacial score (nSPS) is 21.4. The second-order valence-electron chi connectivity index (χ2n) is 5.75. The van der Waals surface area contributed by atoms with Gasteiger partial charge in [-0.05, 0) is 46.1 Å². The average Bonchev–Trinajstić information content (AvgIpc) is 2.81. The monoisotopic (exact) mass is 299 g/mol. The molecular weight excluding hydrogens is 274 g/mol. The SMILES string of the molecule is CCNC(CC1CCCCO1)c1c(Cl)cnn1C(C)C. The van der Waals surface area contributed by atoms with Crippen molar-refractivity contribution in [1.29, 1.82) is 0 Å². The quantitative estimate of drug-likeness (QED) is 0.870. The van der Waals surface area contributed by atoms with Crippen molar-refractivity contribution in [3.05, 3.63) is 16.9 Å². The van der Waals surface area contributed by atoms with Crippen molar-refractivity contribution >= 4 is 11.6 Å². The molecule has 20 heavy (non-hydrogen) atoms. The molecule has 2 heterocycles. The third-order valence-corrected chi connectivity index (χ3v) is 4.12. The van der Waals surface area contributed by atoms with Crippen molar-refractivity contribution in [3.8, 4) is 0 Å². The van der Waals surface area contributed by atoms with E-state index in [1.807, 2.05) is 4.68 Å². The Hall–Kier alpha value is -0.580. The van der Waals surface area contributed by atoms with Crippen molar-refractivity contribution in [2.24, 2.45) is 0 Å². The van der Waals surface area contributed by atoms with E-state index in [0.29, 0.717) is 12.1 Å². The molecule has 1 aliphatic rings. The molecule has 0 bridgehead atoms. The number of halogens is 1. The summed E-state index contributed by atoms with van der Waals surface area (Å²) in [5.41, 5.74) is 1.10. The van der Waals surface area contributed by atoms with Crippen molar-refractivity contribution in [2.45, 2.75) is 64.6 Å². The van der Waals surface area contributed by atoms with Gasteiger partial charge in [-0.2, -0.15) is 5.10 Å². The molecule has 2 rings (SSSR count). The van der Waals surface area contributed by atoms with E-state index in [9.17, 15) is 0 Å². The summed E-state index contributed by atoms with van der Waals surface area (Å²) in [4.78, 5) is 0. The Morgan fingerprint density at radius 2 is 2.30 bits per heavy atom. The van der Waals surface area contributed by atoms with Gasteiger partial charge in [0.15, 0.2) is 0 Å². The Morgan fingerprint density at radius 1 is 1.50 bits per heavy atom. The van der Waals surface area contributed by atoms with E-state index >= 15 is 0 Å². The van der Waals surface area contributed by atoms with Gasteiger partial charge in [-0.1, -0.05) is 18.5 Å². The van der Waals surface area contributed by atoms with Crippen LogP contribution in [0.1, 0.15) is 64.2 Å². The van der Waals surface area contributed by atoms with Crippen molar-refractivity contribution in [3.63, 3.8) is 0 Å². The van der Waals surface area contributed by atoms with Crippen LogP contribution in [-0.4, -0.2) is 29.0 Å². The highest BCUT2D eigenvalue weighted by Crippen LogP contribution is 2.30. The molecule has 0 radical (unpaired) electrons. The number of hydrogen-bond acceptors (Lipinski definition) is 3. The second-order valence-corrected chi connectivity index (χ2v) is 6.16. The largest absolute Gasteiger partial charge is 0.378 e. The lowest BCUT2D eigenvalue weighted by atomic mass is 9.99. The molecule has 0 amide bonds. The molecule has 0 spiro atoms. The molecule has 1 fully saturated rings. The van der Waals surface area contributed by atoms with E-state index in [2.05, 4.69) is 31.2 Å². The standard InChI is InChI=1S/C15H26ClN3O/c1-4-17-14(9-12-7-5-6-8-20-12)15-13(16)10-18-19(15)11(2)3/h10-12,14,17H,4-9H2,1-3H3. The lowest BCUT2D eigenvalue weighted by molar-refractivity contribution is 0.00456. The number of hydrogen-bond donors (Lipinski definition) is 1. The van der Waals surface area contributed by atoms with Crippen molar-refractivity contribution in [1.82, 2.24) is 15.1 Å². The van der Waals surface area contributed by atoms with Crippen LogP contribution >= 0.6 is 11.6 Å². The summed E-state index contributed by atoms with van der Waals surface area (Å²) in [5, 5.41) is 8.71. The van der Waals surface area contributed by atoms with Crippen molar-refractivity contribution in [2.75, 3.05) is 13.2 Å². The number of nitrogens with zero attached hydrogens (tertiary/aromatic N) is 2. The first-order chi connectivity index (χ1) is 9.63. The number of rotatable bonds is 6. The Balaban J connectivity index is 2.16. The van der Waals surface area contributed by atoms with Crippen LogP contribution in [0, 0.1) is 0 Å². The molecule has 1 aromatic heterocycles. The first-order valence-electron chi connectivity index (χ1n) is 7.71. The zero-order chi connectivity index (χ0) is 14.5. The number of nitrogens with one attached hydrogen (secondary N) is 1. The predicted molar refractivity (Wildman–Crippen MR) is 82.2 cm³/mol. The molecule has 0 saturated carbocycles. The molecule has 1 aromatic rings. The van der Waals surface area contributed by atoms with Gasteiger partial charge in [-0.3, -0.25) is 4.68 Å². The van der Waals surface area contributed by atoms with Gasteiger partial charge in [-0.25, -0.2) is 0 Å². The third-order valence-electron chi connectivity index (χ3n) is 3.83. The van der Waals surface area contributed by atoms with Crippen LogP contribution in [0.3, 0.4) is 0 Å². The maximum absolute atomic E-state index is 6.37. The molecule has 5 heteroatoms. The fraction of sp³-hybridized carbons (Fsp3) is 0.800. The molecule has 1 aliphatic heterocycles. The summed E-state index contributed by atoms with van der Waals surface area (Å²) in [6.45, 7) is 8.19. The van der Waals surface area contributed by atoms with Crippen LogP contribution in [0.5, 0.6) is 0 Å². The fourth-order valence-electron chi connectivity index (χ4n) is 2.88. The topological polar surface area (TPSA) is 39.1 Å². The lowest BCUT2D eigenvalue weighted by Gasteiger charge is -2.28. The molecule has 2 atom stereocenters. The van der Waals surface area contributed by atoms with Crippen LogP contribution in [0.2, 0.25) is 5.02 Å². The van der Waals surface area contributed by atoms with Crippen LogP contribution in [0.25, 0.3) is 0 Å². The minimum Gasteiger partial charge on any atom is -0.378 e. The highest BCUT2D eigenvalue weighted by atomic mass is 35.5. The van der Waals surface area contributed by atoms with E-state index in [1.54, 1.807) is 6.20 Å². The summed E-state index contributed by atoms with van der Waals surface area (Å²) >= 11 is 6.37. The van der Waals surface area contributed by atoms with Gasteiger partial charge >= 0.3 is 0 Å². The average molecular weight is 300 g/mol. The van der Waals surface area contributed by atoms with Gasteiger partial charge in [-0.15, -0.1) is 0 Å². The van der Waals surface area contributed by atoms with Gasteiger partial charge in [0.1, 0.15) is 0 Å². The molecular formula is C15H26ClN3O. The van der Waals surface area contributed by atoms with E-state index in [4.69, 9.17) is 16.3 Å². The van der Waals surface area contributed by atoms with Gasteiger partial charge in [0, 0.05) is 12.6 Å². The molecule has 0 aliphatic carbocycles. The highest BCUT2D eigenvalue weighted by molar-refractivity contribution is 6.31. The summed E-state index contributed by atoms with van der Waals surface area (Å²) in [7, 11) is 0. The maximum Gasteiger partial charge on any atom is 0.0834 e. The summed E-state index contributed by atoms with van der Waals surface area (Å²) in [6.07, 6.45) is 6.65. The first kappa shape index (κ1) is 15.8. The molecule has 4 nitrogen and oxygen atoms in total. The maximum atomic E-state index is 6.37. The summed E-state index contributed by atoms with van der Waals surface area (Å²) in [6, 6.07) is 0.520. The third kappa shape index (κ3) is 3.74. The molecule has 0 aromatic carbocycles. The minimum atomic E-state index is 0.209. The van der Waals surface area contributed by atoms with Crippen LogP contribution in [0.4, 0.5) is 0 Å². The predicted octanol–water partition coefficient (Wildman–Crippen LogP) is 3.73. The second kappa shape index (κ2) is 7.43. The first-order valence-corrected chi connectivity index (χ1v) is 8.09. The summed E-state index contributed by atoms with van der Waals surface area (Å²) < 4.78 is 7.91. The van der Waals surface area contributed by atoms with Crippen LogP contribution in [0.15, 0.2) is 6.20 Å². The van der Waals surface area contributed by atoms with E-state index in [1.165, 1.54) is 12.8 Å². The molecule has 1 N–H and O–H groups in total. The lowest BCUT2D eigenvalue weighted by Crippen LogP contribution is -2.30. The Bertz CT molecular complexity index is 413. The Kier molecular flexibility index (Phi) is 5.87. The molecule has 114 valence electrons. The minimum absolute atomic E-state index is 0.209. The van der Waals surface area contributed by atoms with E-state index in [0.717, 1.165) is 36.7 Å². The van der Waals surface area contributed by atoms with Crippen molar-refractivity contribution < 1.29 is 4.74 Å². The number of ether oxygens (including phenoxy) is 1. The van der Waals surface area contributed by atoms with Gasteiger partial charge in [0.2, 0.25) is 0 Å². The zero-order valence-corrected chi connectivity index (χ0v) is 13.5. The van der Waals surface area contributed by atoms with E-state index < -0.39 is 0 Å². The van der Waals surface area contributed by atoms with Gasteiger partial charge < -0.3 is 10.1 Å². The fourth-order valence-corrected chi connectivity index (χ4v) is 3.14. The molecule has 1 saturated heterocycles. The smallest absolute Gasteiger partial charge is 0.0834 e. The Labute approximate surface area is 126 Å². The number of aromatic nitrogens is 2. The highest BCUT2D eigenvalue weighted by Gasteiger charge is 2.25. The zero-order valence-electron chi connectivity index (χ0n) is 12.7. The Morgan fingerprint density at radius 3 is 2.90 bits per heavy atom. The van der Waals surface area contributed by atoms with Gasteiger partial charge in [0.25, 0.3) is 0 Å². The molecule has 2 unspecified atom stereocenters. The van der Waals surface area contributed by atoms with Crippen LogP contribution in [-0.2, 0) is 4.74 Å². The van der Waals surface area contributed by atoms with E-state index in [-0.39, 0.29) is 6.04 Å². The van der Waals surface area contributed by atoms with Crippen LogP contribution < -0.4 is 5.32 Å². The van der Waals surface area contributed by atoms with Gasteiger partial charge in [0.05, 0.1) is 29.1 Å².